The normalized spacial score (nSPS) is 8.43. The van der Waals surface area contributed by atoms with Crippen LogP contribution in [0.15, 0.2) is 0 Å². The molecule has 3 N–H and O–H groups in total. The summed E-state index contributed by atoms with van der Waals surface area (Å²) in [4.78, 5) is 21.6. The van der Waals surface area contributed by atoms with Crippen molar-refractivity contribution in [1.29, 1.82) is 0 Å². The Balaban J connectivity index is -0.0000000800. The van der Waals surface area contributed by atoms with E-state index in [9.17, 15) is 0 Å². The average Bonchev–Trinajstić information content (AvgIpc) is 0.722. The van der Waals surface area contributed by atoms with Gasteiger partial charge in [-0.05, 0) is 0 Å². The molecule has 46 valence electrons. The van der Waals surface area contributed by atoms with Gasteiger partial charge in [0.25, 0.3) is 0 Å². The molecule has 0 amide bonds. The second-order valence-electron chi connectivity index (χ2n) is 0.513. The molecule has 0 aliphatic carbocycles. The SMILES string of the molecule is O=P(O)(O)O.[Ni].[SrH2]. The molecule has 0 aromatic rings. The van der Waals surface area contributed by atoms with Crippen molar-refractivity contribution in [2.45, 2.75) is 0 Å². The molecule has 0 bridgehead atoms. The predicted octanol–water partition coefficient (Wildman–Crippen LogP) is -1.85. The zero-order valence-corrected chi connectivity index (χ0v) is 4.40. The van der Waals surface area contributed by atoms with Crippen LogP contribution in [-0.4, -0.2) is 60.2 Å². The molecule has 0 saturated carbocycles. The second-order valence-corrected chi connectivity index (χ2v) is 1.54. The van der Waals surface area contributed by atoms with Crippen molar-refractivity contribution >= 4 is 53.3 Å². The number of hydrogen-bond donors (Lipinski definition) is 3. The number of rotatable bonds is 0. The van der Waals surface area contributed by atoms with E-state index in [2.05, 4.69) is 0 Å². The van der Waals surface area contributed by atoms with E-state index in [-0.39, 0.29) is 62.0 Å². The Bertz CT molecular complexity index is 57.8. The first-order valence-corrected chi connectivity index (χ1v) is 2.35. The molecule has 7 heavy (non-hydrogen) atoms. The fourth-order valence-corrected chi connectivity index (χ4v) is 0. The van der Waals surface area contributed by atoms with Crippen molar-refractivity contribution in [3.8, 4) is 0 Å². The summed E-state index contributed by atoms with van der Waals surface area (Å²) in [7, 11) is -4.64. The Morgan fingerprint density at radius 1 is 1.14 bits per heavy atom. The van der Waals surface area contributed by atoms with Crippen LogP contribution in [0, 0.1) is 0 Å². The molecule has 4 nitrogen and oxygen atoms in total. The molecule has 0 aromatic heterocycles. The third-order valence-corrected chi connectivity index (χ3v) is 0. The van der Waals surface area contributed by atoms with Crippen LogP contribution in [0.1, 0.15) is 0 Å². The molecule has 0 unspecified atom stereocenters. The predicted molar refractivity (Wildman–Crippen MR) is 22.8 cm³/mol. The molecule has 0 aliphatic rings. The molecule has 0 atom stereocenters. The van der Waals surface area contributed by atoms with Crippen LogP contribution in [0.3, 0.4) is 0 Å². The van der Waals surface area contributed by atoms with Gasteiger partial charge in [0, 0.05) is 16.5 Å². The van der Waals surface area contributed by atoms with Gasteiger partial charge in [-0.2, -0.15) is 0 Å². The molecule has 0 saturated heterocycles. The topological polar surface area (TPSA) is 77.8 Å². The van der Waals surface area contributed by atoms with Crippen molar-refractivity contribution in [3.05, 3.63) is 0 Å². The minimum atomic E-state index is -4.64. The third kappa shape index (κ3) is 68.9. The molecular weight excluding hydrogens is 241 g/mol. The Labute approximate surface area is 87.7 Å². The van der Waals surface area contributed by atoms with E-state index in [0.717, 1.165) is 0 Å². The van der Waals surface area contributed by atoms with Gasteiger partial charge in [0.05, 0.1) is 0 Å². The van der Waals surface area contributed by atoms with E-state index in [1.165, 1.54) is 0 Å². The van der Waals surface area contributed by atoms with Gasteiger partial charge in [-0.3, -0.25) is 0 Å². The summed E-state index contributed by atoms with van der Waals surface area (Å²) in [5, 5.41) is 0. The third-order valence-electron chi connectivity index (χ3n) is 0. The number of phosphoric acid groups is 1. The Hall–Kier alpha value is 2.08. The van der Waals surface area contributed by atoms with Gasteiger partial charge in [-0.1, -0.05) is 0 Å². The molecule has 0 rings (SSSR count). The van der Waals surface area contributed by atoms with Crippen molar-refractivity contribution in [1.82, 2.24) is 0 Å². The summed E-state index contributed by atoms with van der Waals surface area (Å²) in [5.74, 6) is 0. The van der Waals surface area contributed by atoms with Gasteiger partial charge >= 0.3 is 53.3 Å². The standard InChI is InChI=1S/Ni.H3O4P.Sr.2H/c;1-5(2,3)4;;;/h;(H3,1,2,3,4);;;. The van der Waals surface area contributed by atoms with Crippen LogP contribution < -0.4 is 0 Å². The zero-order valence-electron chi connectivity index (χ0n) is 2.51. The van der Waals surface area contributed by atoms with Gasteiger partial charge in [-0.25, -0.2) is 4.57 Å². The van der Waals surface area contributed by atoms with Gasteiger partial charge in [-0.15, -0.1) is 0 Å². The van der Waals surface area contributed by atoms with E-state index >= 15 is 0 Å². The second kappa shape index (κ2) is 6.21. The summed E-state index contributed by atoms with van der Waals surface area (Å²) in [6.07, 6.45) is 0. The molecule has 7 heteroatoms. The minimum absolute atomic E-state index is 0. The Kier molecular flexibility index (Phi) is 14.2. The van der Waals surface area contributed by atoms with Crippen LogP contribution >= 0.6 is 7.82 Å². The first-order valence-electron chi connectivity index (χ1n) is 0.783. The number of hydrogen-bond acceptors (Lipinski definition) is 1. The monoisotopic (exact) mass is 246 g/mol. The molecule has 0 aliphatic heterocycles. The first kappa shape index (κ1) is 16.0. The van der Waals surface area contributed by atoms with Gasteiger partial charge in [0.15, 0.2) is 0 Å². The van der Waals surface area contributed by atoms with Crippen LogP contribution in [0.2, 0.25) is 0 Å². The van der Waals surface area contributed by atoms with E-state index < -0.39 is 7.82 Å². The average molecular weight is 246 g/mol. The first-order chi connectivity index (χ1) is 2.00. The van der Waals surface area contributed by atoms with Crippen molar-refractivity contribution in [2.75, 3.05) is 0 Å². The zero-order chi connectivity index (χ0) is 4.50. The van der Waals surface area contributed by atoms with E-state index in [4.69, 9.17) is 19.2 Å². The molecule has 0 heterocycles. The summed E-state index contributed by atoms with van der Waals surface area (Å²) in [6.45, 7) is 0. The molecular formula is H5NiO4PSr. The van der Waals surface area contributed by atoms with Gasteiger partial charge < -0.3 is 14.7 Å². The molecule has 0 aromatic carbocycles. The maximum absolute atomic E-state index is 8.88. The molecule has 0 radical (unpaired) electrons. The summed E-state index contributed by atoms with van der Waals surface area (Å²) >= 11 is 0. The van der Waals surface area contributed by atoms with Gasteiger partial charge in [0.1, 0.15) is 0 Å². The van der Waals surface area contributed by atoms with Gasteiger partial charge in [0.2, 0.25) is 0 Å². The van der Waals surface area contributed by atoms with E-state index in [1.807, 2.05) is 0 Å². The van der Waals surface area contributed by atoms with Crippen LogP contribution in [0.25, 0.3) is 0 Å². The molecule has 0 fully saturated rings. The summed E-state index contributed by atoms with van der Waals surface area (Å²) in [6, 6.07) is 0. The van der Waals surface area contributed by atoms with E-state index in [1.54, 1.807) is 0 Å². The van der Waals surface area contributed by atoms with E-state index in [0.29, 0.717) is 0 Å². The van der Waals surface area contributed by atoms with Crippen LogP contribution in [0.4, 0.5) is 0 Å². The Morgan fingerprint density at radius 3 is 1.14 bits per heavy atom. The summed E-state index contributed by atoms with van der Waals surface area (Å²) in [5.41, 5.74) is 0. The fourth-order valence-electron chi connectivity index (χ4n) is 0. The van der Waals surface area contributed by atoms with Crippen molar-refractivity contribution in [2.24, 2.45) is 0 Å². The Morgan fingerprint density at radius 2 is 1.14 bits per heavy atom. The van der Waals surface area contributed by atoms with Crippen LogP contribution in [0.5, 0.6) is 0 Å². The fraction of sp³-hybridized carbons (Fsp3) is 0. The maximum atomic E-state index is 8.88. The molecule has 0 spiro atoms. The van der Waals surface area contributed by atoms with Crippen LogP contribution in [-0.2, 0) is 21.1 Å². The quantitative estimate of drug-likeness (QED) is 0.346. The van der Waals surface area contributed by atoms with Crippen molar-refractivity contribution < 1.29 is 35.7 Å². The van der Waals surface area contributed by atoms with Crippen molar-refractivity contribution in [3.63, 3.8) is 0 Å². The summed E-state index contributed by atoms with van der Waals surface area (Å²) < 4.78 is 8.88.